The number of halogens is 1. The van der Waals surface area contributed by atoms with E-state index in [9.17, 15) is 14.9 Å². The van der Waals surface area contributed by atoms with Gasteiger partial charge in [-0.15, -0.1) is 0 Å². The Morgan fingerprint density at radius 1 is 1.50 bits per heavy atom. The molecule has 0 heterocycles. The standard InChI is InChI=1S/C13H17ClN2O4/c1-4-5-15(8-13(17)20-3)11-7-10(14)12(16(18)19)6-9(11)2/h6-7H,4-5,8H2,1-3H3. The summed E-state index contributed by atoms with van der Waals surface area (Å²) in [6, 6.07) is 2.94. The van der Waals surface area contributed by atoms with Crippen LogP contribution in [-0.4, -0.2) is 31.1 Å². The topological polar surface area (TPSA) is 72.7 Å². The Bertz CT molecular complexity index is 519. The van der Waals surface area contributed by atoms with Gasteiger partial charge in [0.05, 0.1) is 12.0 Å². The third-order valence-electron chi connectivity index (χ3n) is 2.84. The minimum Gasteiger partial charge on any atom is -0.468 e. The summed E-state index contributed by atoms with van der Waals surface area (Å²) in [5, 5.41) is 10.9. The highest BCUT2D eigenvalue weighted by molar-refractivity contribution is 6.33. The average Bonchev–Trinajstić information content (AvgIpc) is 2.40. The summed E-state index contributed by atoms with van der Waals surface area (Å²) in [5.74, 6) is -0.368. The number of ether oxygens (including phenoxy) is 1. The van der Waals surface area contributed by atoms with E-state index >= 15 is 0 Å². The van der Waals surface area contributed by atoms with Crippen LogP contribution in [0.3, 0.4) is 0 Å². The fourth-order valence-corrected chi connectivity index (χ4v) is 2.14. The third kappa shape index (κ3) is 3.84. The molecule has 0 radical (unpaired) electrons. The fraction of sp³-hybridized carbons (Fsp3) is 0.462. The van der Waals surface area contributed by atoms with Crippen LogP contribution < -0.4 is 4.90 Å². The predicted octanol–water partition coefficient (Wildman–Crippen LogP) is 2.95. The zero-order valence-corrected chi connectivity index (χ0v) is 12.4. The molecule has 0 bridgehead atoms. The molecule has 0 unspecified atom stereocenters. The molecule has 7 heteroatoms. The number of benzene rings is 1. The molecular formula is C13H17ClN2O4. The van der Waals surface area contributed by atoms with Gasteiger partial charge in [0.25, 0.3) is 5.69 Å². The zero-order chi connectivity index (χ0) is 15.3. The maximum Gasteiger partial charge on any atom is 0.325 e. The lowest BCUT2D eigenvalue weighted by Crippen LogP contribution is -2.31. The van der Waals surface area contributed by atoms with E-state index in [4.69, 9.17) is 11.6 Å². The quantitative estimate of drug-likeness (QED) is 0.459. The minimum atomic E-state index is -0.524. The first-order chi connectivity index (χ1) is 9.40. The Morgan fingerprint density at radius 2 is 2.15 bits per heavy atom. The summed E-state index contributed by atoms with van der Waals surface area (Å²) in [5.41, 5.74) is 1.26. The number of hydrogen-bond acceptors (Lipinski definition) is 5. The molecule has 20 heavy (non-hydrogen) atoms. The maximum absolute atomic E-state index is 11.4. The zero-order valence-electron chi connectivity index (χ0n) is 11.7. The molecule has 0 spiro atoms. The molecule has 0 aliphatic carbocycles. The van der Waals surface area contributed by atoms with Crippen molar-refractivity contribution in [1.82, 2.24) is 0 Å². The van der Waals surface area contributed by atoms with Gasteiger partial charge in [0.1, 0.15) is 11.6 Å². The first-order valence-electron chi connectivity index (χ1n) is 6.17. The number of esters is 1. The Hall–Kier alpha value is -1.82. The van der Waals surface area contributed by atoms with E-state index in [2.05, 4.69) is 4.74 Å². The summed E-state index contributed by atoms with van der Waals surface area (Å²) in [7, 11) is 1.32. The van der Waals surface area contributed by atoms with Crippen molar-refractivity contribution < 1.29 is 14.5 Å². The number of rotatable bonds is 6. The number of nitro groups is 1. The third-order valence-corrected chi connectivity index (χ3v) is 3.15. The van der Waals surface area contributed by atoms with E-state index in [1.165, 1.54) is 19.2 Å². The first kappa shape index (κ1) is 16.2. The SMILES string of the molecule is CCCN(CC(=O)OC)c1cc(Cl)c([N+](=O)[O-])cc1C. The monoisotopic (exact) mass is 300 g/mol. The molecule has 0 aromatic heterocycles. The molecule has 1 rings (SSSR count). The lowest BCUT2D eigenvalue weighted by Gasteiger charge is -2.24. The van der Waals surface area contributed by atoms with Crippen LogP contribution in [0, 0.1) is 17.0 Å². The van der Waals surface area contributed by atoms with Crippen LogP contribution in [0.5, 0.6) is 0 Å². The van der Waals surface area contributed by atoms with Gasteiger partial charge in [0.15, 0.2) is 0 Å². The number of carbonyl (C=O) groups excluding carboxylic acids is 1. The summed E-state index contributed by atoms with van der Waals surface area (Å²) >= 11 is 5.93. The van der Waals surface area contributed by atoms with Crippen molar-refractivity contribution in [2.24, 2.45) is 0 Å². The molecular weight excluding hydrogens is 284 g/mol. The molecule has 0 aliphatic heterocycles. The highest BCUT2D eigenvalue weighted by Crippen LogP contribution is 2.32. The van der Waals surface area contributed by atoms with E-state index in [0.29, 0.717) is 17.8 Å². The normalized spacial score (nSPS) is 10.2. The molecule has 0 atom stereocenters. The van der Waals surface area contributed by atoms with Gasteiger partial charge < -0.3 is 9.64 Å². The molecule has 0 amide bonds. The molecule has 0 N–H and O–H groups in total. The first-order valence-corrected chi connectivity index (χ1v) is 6.54. The van der Waals surface area contributed by atoms with Crippen molar-refractivity contribution in [3.8, 4) is 0 Å². The van der Waals surface area contributed by atoms with Crippen LogP contribution in [0.1, 0.15) is 18.9 Å². The molecule has 0 saturated carbocycles. The number of nitro benzene ring substituents is 1. The van der Waals surface area contributed by atoms with Crippen LogP contribution in [0.2, 0.25) is 5.02 Å². The van der Waals surface area contributed by atoms with Gasteiger partial charge >= 0.3 is 5.97 Å². The molecule has 1 aromatic rings. The smallest absolute Gasteiger partial charge is 0.325 e. The molecule has 0 saturated heterocycles. The second-order valence-corrected chi connectivity index (χ2v) is 4.75. The van der Waals surface area contributed by atoms with E-state index < -0.39 is 4.92 Å². The molecule has 110 valence electrons. The molecule has 6 nitrogen and oxygen atoms in total. The number of nitrogens with zero attached hydrogens (tertiary/aromatic N) is 2. The summed E-state index contributed by atoms with van der Waals surface area (Å²) in [4.78, 5) is 23.6. The van der Waals surface area contributed by atoms with Crippen molar-refractivity contribution in [3.63, 3.8) is 0 Å². The van der Waals surface area contributed by atoms with Gasteiger partial charge in [-0.25, -0.2) is 0 Å². The van der Waals surface area contributed by atoms with Crippen molar-refractivity contribution in [2.75, 3.05) is 25.1 Å². The van der Waals surface area contributed by atoms with Gasteiger partial charge in [-0.3, -0.25) is 14.9 Å². The van der Waals surface area contributed by atoms with Gasteiger partial charge in [-0.2, -0.15) is 0 Å². The lowest BCUT2D eigenvalue weighted by molar-refractivity contribution is -0.384. The summed E-state index contributed by atoms with van der Waals surface area (Å²) < 4.78 is 4.66. The van der Waals surface area contributed by atoms with Crippen molar-refractivity contribution in [3.05, 3.63) is 32.8 Å². The predicted molar refractivity (Wildman–Crippen MR) is 77.4 cm³/mol. The highest BCUT2D eigenvalue weighted by Gasteiger charge is 2.19. The second-order valence-electron chi connectivity index (χ2n) is 4.34. The van der Waals surface area contributed by atoms with Crippen molar-refractivity contribution in [1.29, 1.82) is 0 Å². The van der Waals surface area contributed by atoms with Gasteiger partial charge in [0, 0.05) is 18.3 Å². The largest absolute Gasteiger partial charge is 0.468 e. The Kier molecular flexibility index (Phi) is 5.76. The highest BCUT2D eigenvalue weighted by atomic mass is 35.5. The van der Waals surface area contributed by atoms with Crippen LogP contribution in [-0.2, 0) is 9.53 Å². The van der Waals surface area contributed by atoms with Crippen LogP contribution in [0.15, 0.2) is 12.1 Å². The lowest BCUT2D eigenvalue weighted by atomic mass is 10.1. The van der Waals surface area contributed by atoms with Crippen LogP contribution in [0.4, 0.5) is 11.4 Å². The Balaban J connectivity index is 3.16. The van der Waals surface area contributed by atoms with Crippen molar-refractivity contribution >= 4 is 28.9 Å². The number of hydrogen-bond donors (Lipinski definition) is 0. The van der Waals surface area contributed by atoms with Gasteiger partial charge in [0.2, 0.25) is 0 Å². The number of methoxy groups -OCH3 is 1. The van der Waals surface area contributed by atoms with E-state index in [1.54, 1.807) is 11.8 Å². The van der Waals surface area contributed by atoms with Gasteiger partial charge in [-0.1, -0.05) is 18.5 Å². The summed E-state index contributed by atoms with van der Waals surface area (Å²) in [6.07, 6.45) is 0.824. The average molecular weight is 301 g/mol. The van der Waals surface area contributed by atoms with Crippen LogP contribution in [0.25, 0.3) is 0 Å². The Morgan fingerprint density at radius 3 is 2.65 bits per heavy atom. The second kappa shape index (κ2) is 7.09. The van der Waals surface area contributed by atoms with E-state index in [0.717, 1.165) is 6.42 Å². The van der Waals surface area contributed by atoms with Crippen LogP contribution >= 0.6 is 11.6 Å². The molecule has 1 aromatic carbocycles. The number of anilines is 1. The number of carbonyl (C=O) groups is 1. The van der Waals surface area contributed by atoms with E-state index in [-0.39, 0.29) is 23.2 Å². The number of aryl methyl sites for hydroxylation is 1. The fourth-order valence-electron chi connectivity index (χ4n) is 1.91. The van der Waals surface area contributed by atoms with E-state index in [1.807, 2.05) is 6.92 Å². The maximum atomic E-state index is 11.4. The molecule has 0 aliphatic rings. The van der Waals surface area contributed by atoms with Gasteiger partial charge in [-0.05, 0) is 25.0 Å². The summed E-state index contributed by atoms with van der Waals surface area (Å²) in [6.45, 7) is 4.44. The Labute approximate surface area is 122 Å². The minimum absolute atomic E-state index is 0.0570. The molecule has 0 fully saturated rings. The van der Waals surface area contributed by atoms with Crippen molar-refractivity contribution in [2.45, 2.75) is 20.3 Å².